The predicted molar refractivity (Wildman–Crippen MR) is 121 cm³/mol. The maximum atomic E-state index is 14.7. The van der Waals surface area contributed by atoms with Crippen LogP contribution in [-0.2, 0) is 16.4 Å². The lowest BCUT2D eigenvalue weighted by molar-refractivity contribution is -0.140. The van der Waals surface area contributed by atoms with Crippen molar-refractivity contribution in [2.75, 3.05) is 24.3 Å². The van der Waals surface area contributed by atoms with Crippen molar-refractivity contribution >= 4 is 28.7 Å². The summed E-state index contributed by atoms with van der Waals surface area (Å²) in [5, 5.41) is 3.66. The van der Waals surface area contributed by atoms with Gasteiger partial charge in [0.15, 0.2) is 0 Å². The number of hydrogen-bond donors (Lipinski definition) is 1. The second kappa shape index (κ2) is 8.61. The van der Waals surface area contributed by atoms with Crippen molar-refractivity contribution < 1.29 is 22.4 Å². The molecular weight excluding hydrogens is 436 g/mol. The monoisotopic (exact) mass is 462 g/mol. The Morgan fingerprint density at radius 3 is 2.33 bits per heavy atom. The van der Waals surface area contributed by atoms with Crippen LogP contribution >= 0.6 is 0 Å². The molecule has 0 radical (unpaired) electrons. The van der Waals surface area contributed by atoms with Crippen LogP contribution in [0.5, 0.6) is 0 Å². The molecule has 0 aliphatic rings. The largest absolute Gasteiger partial charge is 0.419 e. The summed E-state index contributed by atoms with van der Waals surface area (Å²) in [5.74, 6) is -0.529. The molecule has 33 heavy (non-hydrogen) atoms. The van der Waals surface area contributed by atoms with Gasteiger partial charge in [0.05, 0.1) is 17.1 Å². The second-order valence-electron chi connectivity index (χ2n) is 8.81. The zero-order valence-corrected chi connectivity index (χ0v) is 19.3. The molecule has 1 N–H and O–H groups in total. The van der Waals surface area contributed by atoms with Gasteiger partial charge in [-0.3, -0.25) is 0 Å². The van der Waals surface area contributed by atoms with Gasteiger partial charge in [0.2, 0.25) is 0 Å². The normalized spacial score (nSPS) is 13.2. The molecule has 0 bridgehead atoms. The molecule has 0 spiro atoms. The van der Waals surface area contributed by atoms with Crippen LogP contribution in [0.2, 0.25) is 0 Å². The number of carbonyl (C=O) groups excluding carboxylic acids is 1. The Bertz CT molecular complexity index is 1210. The molecular formula is C24H26F4N4O. The van der Waals surface area contributed by atoms with Gasteiger partial charge >= 0.3 is 6.18 Å². The highest BCUT2D eigenvalue weighted by atomic mass is 19.4. The Morgan fingerprint density at radius 1 is 1.09 bits per heavy atom. The zero-order chi connectivity index (χ0) is 24.7. The van der Waals surface area contributed by atoms with Crippen molar-refractivity contribution in [3.8, 4) is 0 Å². The first kappa shape index (κ1) is 24.4. The number of aryl methyl sites for hydroxylation is 1. The molecule has 0 saturated carbocycles. The summed E-state index contributed by atoms with van der Waals surface area (Å²) >= 11 is 0. The van der Waals surface area contributed by atoms with E-state index in [0.717, 1.165) is 23.6 Å². The Balaban J connectivity index is 2.15. The van der Waals surface area contributed by atoms with Gasteiger partial charge in [-0.25, -0.2) is 14.4 Å². The number of aldehydes is 1. The maximum Gasteiger partial charge on any atom is 0.419 e. The standard InChI is InChI=1S/C24H26F4N4O/c1-13(15-8-7-9-17(21(15)25)24(26,27)28)29-22-16-10-20(32(5)6)18(23(3,4)12-33)11-19(16)30-14(2)31-22/h7-13H,1-6H3,(H,29,30,31)/t13-/m1/s1. The van der Waals surface area contributed by atoms with Gasteiger partial charge in [0, 0.05) is 36.1 Å². The van der Waals surface area contributed by atoms with E-state index < -0.39 is 29.0 Å². The van der Waals surface area contributed by atoms with E-state index in [-0.39, 0.29) is 5.56 Å². The van der Waals surface area contributed by atoms with Crippen LogP contribution in [0.15, 0.2) is 30.3 Å². The molecule has 0 amide bonds. The molecule has 0 fully saturated rings. The smallest absolute Gasteiger partial charge is 0.377 e. The van der Waals surface area contributed by atoms with E-state index in [2.05, 4.69) is 15.3 Å². The first-order chi connectivity index (χ1) is 15.3. The summed E-state index contributed by atoms with van der Waals surface area (Å²) in [7, 11) is 3.68. The number of benzene rings is 2. The number of carbonyl (C=O) groups is 1. The third-order valence-electron chi connectivity index (χ3n) is 5.55. The lowest BCUT2D eigenvalue weighted by atomic mass is 9.84. The van der Waals surface area contributed by atoms with E-state index in [1.807, 2.05) is 31.1 Å². The van der Waals surface area contributed by atoms with Crippen molar-refractivity contribution in [3.63, 3.8) is 0 Å². The van der Waals surface area contributed by atoms with E-state index in [0.29, 0.717) is 22.5 Å². The number of nitrogens with zero attached hydrogens (tertiary/aromatic N) is 3. The SMILES string of the molecule is Cc1nc(N[C@H](C)c2cccc(C(F)(F)F)c2F)c2cc(N(C)C)c(C(C)(C)C=O)cc2n1. The number of rotatable bonds is 6. The number of aromatic nitrogens is 2. The van der Waals surface area contributed by atoms with Crippen molar-refractivity contribution in [1.82, 2.24) is 9.97 Å². The summed E-state index contributed by atoms with van der Waals surface area (Å²) in [4.78, 5) is 22.5. The maximum absolute atomic E-state index is 14.7. The van der Waals surface area contributed by atoms with E-state index in [9.17, 15) is 22.4 Å². The predicted octanol–water partition coefficient (Wildman–Crippen LogP) is 5.81. The van der Waals surface area contributed by atoms with Gasteiger partial charge in [-0.2, -0.15) is 13.2 Å². The van der Waals surface area contributed by atoms with E-state index in [4.69, 9.17) is 0 Å². The van der Waals surface area contributed by atoms with Crippen molar-refractivity contribution in [1.29, 1.82) is 0 Å². The zero-order valence-electron chi connectivity index (χ0n) is 19.3. The van der Waals surface area contributed by atoms with E-state index >= 15 is 0 Å². The average Bonchev–Trinajstić information content (AvgIpc) is 2.71. The van der Waals surface area contributed by atoms with Gasteiger partial charge in [-0.05, 0) is 51.5 Å². The highest BCUT2D eigenvalue weighted by Gasteiger charge is 2.35. The second-order valence-corrected chi connectivity index (χ2v) is 8.81. The number of halogens is 4. The molecule has 5 nitrogen and oxygen atoms in total. The molecule has 0 aliphatic heterocycles. The molecule has 9 heteroatoms. The van der Waals surface area contributed by atoms with Gasteiger partial charge in [0.1, 0.15) is 23.7 Å². The van der Waals surface area contributed by atoms with Crippen LogP contribution in [0.4, 0.5) is 29.1 Å². The molecule has 0 aliphatic carbocycles. The number of hydrogen-bond acceptors (Lipinski definition) is 5. The Hall–Kier alpha value is -3.23. The van der Waals surface area contributed by atoms with Gasteiger partial charge in [0.25, 0.3) is 0 Å². The van der Waals surface area contributed by atoms with Crippen LogP contribution in [0, 0.1) is 12.7 Å². The molecule has 1 aromatic heterocycles. The fourth-order valence-corrected chi connectivity index (χ4v) is 3.73. The van der Waals surface area contributed by atoms with Crippen LogP contribution in [-0.4, -0.2) is 30.3 Å². The van der Waals surface area contributed by atoms with Crippen molar-refractivity contribution in [2.24, 2.45) is 0 Å². The minimum absolute atomic E-state index is 0.124. The first-order valence-corrected chi connectivity index (χ1v) is 10.3. The number of anilines is 2. The fraction of sp³-hybridized carbons (Fsp3) is 0.375. The van der Waals surface area contributed by atoms with Gasteiger partial charge < -0.3 is 15.0 Å². The lowest BCUT2D eigenvalue weighted by Gasteiger charge is -2.27. The van der Waals surface area contributed by atoms with E-state index in [1.54, 1.807) is 27.7 Å². The Morgan fingerprint density at radius 2 is 1.76 bits per heavy atom. The molecule has 3 rings (SSSR count). The molecule has 0 unspecified atom stereocenters. The van der Waals surface area contributed by atoms with Gasteiger partial charge in [-0.15, -0.1) is 0 Å². The molecule has 0 saturated heterocycles. The third-order valence-corrected chi connectivity index (χ3v) is 5.55. The molecule has 2 aromatic carbocycles. The highest BCUT2D eigenvalue weighted by Crippen LogP contribution is 2.37. The Kier molecular flexibility index (Phi) is 6.37. The van der Waals surface area contributed by atoms with Crippen molar-refractivity contribution in [2.45, 2.75) is 45.3 Å². The fourth-order valence-electron chi connectivity index (χ4n) is 3.73. The van der Waals surface area contributed by atoms with E-state index in [1.165, 1.54) is 12.1 Å². The summed E-state index contributed by atoms with van der Waals surface area (Å²) in [5.41, 5.74) is -0.0932. The lowest BCUT2D eigenvalue weighted by Crippen LogP contribution is -2.24. The van der Waals surface area contributed by atoms with Crippen LogP contribution in [0.1, 0.15) is 49.3 Å². The molecule has 3 aromatic rings. The molecule has 1 atom stereocenters. The number of fused-ring (bicyclic) bond motifs is 1. The van der Waals surface area contributed by atoms with Crippen molar-refractivity contribution in [3.05, 3.63) is 58.7 Å². The minimum Gasteiger partial charge on any atom is -0.377 e. The highest BCUT2D eigenvalue weighted by molar-refractivity contribution is 5.94. The summed E-state index contributed by atoms with van der Waals surface area (Å²) in [6, 6.07) is 6.05. The van der Waals surface area contributed by atoms with Crippen LogP contribution < -0.4 is 10.2 Å². The summed E-state index contributed by atoms with van der Waals surface area (Å²) < 4.78 is 54.1. The van der Waals surface area contributed by atoms with Gasteiger partial charge in [-0.1, -0.05) is 12.1 Å². The Labute approximate surface area is 189 Å². The average molecular weight is 462 g/mol. The summed E-state index contributed by atoms with van der Waals surface area (Å²) in [6.45, 7) is 6.86. The first-order valence-electron chi connectivity index (χ1n) is 10.3. The third kappa shape index (κ3) is 4.77. The number of nitrogens with one attached hydrogen (secondary N) is 1. The number of alkyl halides is 3. The minimum atomic E-state index is -4.79. The summed E-state index contributed by atoms with van der Waals surface area (Å²) in [6.07, 6.45) is -3.92. The molecule has 1 heterocycles. The molecule has 176 valence electrons. The quantitative estimate of drug-likeness (QED) is 0.370. The topological polar surface area (TPSA) is 58.1 Å². The van der Waals surface area contributed by atoms with Crippen LogP contribution in [0.25, 0.3) is 10.9 Å². The van der Waals surface area contributed by atoms with Crippen LogP contribution in [0.3, 0.4) is 0 Å².